The van der Waals surface area contributed by atoms with Crippen molar-refractivity contribution >= 4 is 16.1 Å². The molecule has 0 aliphatic rings. The Morgan fingerprint density at radius 1 is 0.944 bits per heavy atom. The van der Waals surface area contributed by atoms with Gasteiger partial charge in [-0.25, -0.2) is 0 Å². The Bertz CT molecular complexity index is 278. The highest BCUT2D eigenvalue weighted by atomic mass is 32.2. The van der Waals surface area contributed by atoms with Crippen LogP contribution in [0.2, 0.25) is 0 Å². The standard InChI is InChI=1S/C10H20O3.CH4O3S/c11-9-7-5-3-1-2-4-6-8-10(12)13;1-5(2,3)4/h11H,1-9H2,(H,12,13);1H3,(H,2,3,4). The number of rotatable bonds is 9. The van der Waals surface area contributed by atoms with E-state index in [4.69, 9.17) is 14.8 Å². The van der Waals surface area contributed by atoms with Crippen LogP contribution in [0.3, 0.4) is 0 Å². The summed E-state index contributed by atoms with van der Waals surface area (Å²) in [4.78, 5) is 10.1. The zero-order valence-electron chi connectivity index (χ0n) is 10.8. The van der Waals surface area contributed by atoms with Crippen molar-refractivity contribution in [2.24, 2.45) is 0 Å². The minimum absolute atomic E-state index is 0.291. The number of aliphatic hydroxyl groups is 1. The third-order valence-corrected chi connectivity index (χ3v) is 2.05. The summed E-state index contributed by atoms with van der Waals surface area (Å²) >= 11 is 0. The Morgan fingerprint density at radius 3 is 1.61 bits per heavy atom. The molecule has 0 saturated heterocycles. The maximum Gasteiger partial charge on any atom is 0.303 e. The van der Waals surface area contributed by atoms with Gasteiger partial charge >= 0.3 is 5.97 Å². The maximum absolute atomic E-state index is 10.1. The molecule has 18 heavy (non-hydrogen) atoms. The molecule has 0 aromatic carbocycles. The molecule has 110 valence electrons. The fourth-order valence-electron chi connectivity index (χ4n) is 1.27. The first-order valence-corrected chi connectivity index (χ1v) is 7.87. The summed E-state index contributed by atoms with van der Waals surface area (Å²) in [6.07, 6.45) is 8.28. The molecule has 0 atom stereocenters. The molecule has 0 aromatic rings. The van der Waals surface area contributed by atoms with E-state index in [1.54, 1.807) is 0 Å². The normalized spacial score (nSPS) is 10.6. The van der Waals surface area contributed by atoms with Gasteiger partial charge < -0.3 is 10.2 Å². The van der Waals surface area contributed by atoms with Crippen LogP contribution in [0, 0.1) is 0 Å². The van der Waals surface area contributed by atoms with Gasteiger partial charge in [-0.1, -0.05) is 32.1 Å². The monoisotopic (exact) mass is 284 g/mol. The number of carboxylic acids is 1. The zero-order valence-corrected chi connectivity index (χ0v) is 11.7. The van der Waals surface area contributed by atoms with E-state index in [0.29, 0.717) is 19.3 Å². The Kier molecular flexibility index (Phi) is 14.0. The number of aliphatic carboxylic acids is 1. The van der Waals surface area contributed by atoms with Gasteiger partial charge in [-0.3, -0.25) is 9.35 Å². The second-order valence-electron chi connectivity index (χ2n) is 4.08. The highest BCUT2D eigenvalue weighted by Crippen LogP contribution is 2.08. The molecule has 0 bridgehead atoms. The van der Waals surface area contributed by atoms with Crippen molar-refractivity contribution in [3.8, 4) is 0 Å². The molecule has 6 nitrogen and oxygen atoms in total. The summed E-state index contributed by atoms with van der Waals surface area (Å²) in [6, 6.07) is 0. The fraction of sp³-hybridized carbons (Fsp3) is 0.909. The first-order valence-electron chi connectivity index (χ1n) is 6.02. The van der Waals surface area contributed by atoms with Crippen molar-refractivity contribution in [1.82, 2.24) is 0 Å². The Labute approximate surface area is 109 Å². The van der Waals surface area contributed by atoms with Crippen LogP contribution in [0.15, 0.2) is 0 Å². The quantitative estimate of drug-likeness (QED) is 0.439. The summed E-state index contributed by atoms with van der Waals surface area (Å²) in [5.74, 6) is -0.694. The van der Waals surface area contributed by atoms with Crippen LogP contribution < -0.4 is 0 Å². The third kappa shape index (κ3) is 36.2. The van der Waals surface area contributed by atoms with Gasteiger partial charge in [0, 0.05) is 13.0 Å². The summed E-state index contributed by atoms with van der Waals surface area (Å²) in [7, 11) is -3.67. The molecular weight excluding hydrogens is 260 g/mol. The van der Waals surface area contributed by atoms with E-state index in [1.807, 2.05) is 0 Å². The number of carbonyl (C=O) groups is 1. The molecule has 0 aromatic heterocycles. The van der Waals surface area contributed by atoms with Gasteiger partial charge in [0.05, 0.1) is 6.26 Å². The van der Waals surface area contributed by atoms with Crippen LogP contribution in [0.1, 0.15) is 51.4 Å². The van der Waals surface area contributed by atoms with Crippen LogP contribution in [0.4, 0.5) is 0 Å². The van der Waals surface area contributed by atoms with Crippen molar-refractivity contribution in [3.05, 3.63) is 0 Å². The third-order valence-electron chi connectivity index (χ3n) is 2.05. The lowest BCUT2D eigenvalue weighted by Gasteiger charge is -1.99. The number of hydrogen-bond donors (Lipinski definition) is 3. The molecule has 7 heteroatoms. The minimum Gasteiger partial charge on any atom is -0.481 e. The van der Waals surface area contributed by atoms with E-state index in [9.17, 15) is 13.2 Å². The molecule has 0 aliphatic heterocycles. The number of unbranched alkanes of at least 4 members (excludes halogenated alkanes) is 6. The smallest absolute Gasteiger partial charge is 0.303 e. The average Bonchev–Trinajstić information content (AvgIpc) is 2.19. The number of carboxylic acid groups (broad SMARTS) is 1. The average molecular weight is 284 g/mol. The van der Waals surface area contributed by atoms with Gasteiger partial charge in [0.2, 0.25) is 0 Å². The minimum atomic E-state index is -3.67. The highest BCUT2D eigenvalue weighted by molar-refractivity contribution is 7.85. The van der Waals surface area contributed by atoms with E-state index in [-0.39, 0.29) is 0 Å². The zero-order chi connectivity index (χ0) is 14.4. The second-order valence-corrected chi connectivity index (χ2v) is 5.54. The van der Waals surface area contributed by atoms with Gasteiger partial charge in [-0.15, -0.1) is 0 Å². The van der Waals surface area contributed by atoms with Crippen LogP contribution in [-0.4, -0.2) is 42.0 Å². The molecule has 0 aliphatic carbocycles. The first kappa shape index (κ1) is 19.7. The molecule has 0 spiro atoms. The lowest BCUT2D eigenvalue weighted by molar-refractivity contribution is -0.137. The van der Waals surface area contributed by atoms with E-state index in [2.05, 4.69) is 0 Å². The van der Waals surface area contributed by atoms with E-state index < -0.39 is 16.1 Å². The maximum atomic E-state index is 10.1. The van der Waals surface area contributed by atoms with Crippen molar-refractivity contribution in [2.75, 3.05) is 12.9 Å². The summed E-state index contributed by atoms with van der Waals surface area (Å²) in [6.45, 7) is 0.291. The predicted octanol–water partition coefficient (Wildman–Crippen LogP) is 1.69. The van der Waals surface area contributed by atoms with Crippen LogP contribution in [-0.2, 0) is 14.9 Å². The first-order chi connectivity index (χ1) is 8.27. The van der Waals surface area contributed by atoms with Gasteiger partial charge in [-0.05, 0) is 12.8 Å². The van der Waals surface area contributed by atoms with Crippen LogP contribution in [0.5, 0.6) is 0 Å². The summed E-state index contributed by atoms with van der Waals surface area (Å²) in [5, 5.41) is 16.9. The molecular formula is C11H24O6S. The molecule has 0 heterocycles. The molecule has 0 unspecified atom stereocenters. The van der Waals surface area contributed by atoms with Crippen molar-refractivity contribution in [1.29, 1.82) is 0 Å². The van der Waals surface area contributed by atoms with E-state index >= 15 is 0 Å². The molecule has 0 radical (unpaired) electrons. The van der Waals surface area contributed by atoms with E-state index in [0.717, 1.165) is 38.5 Å². The lowest BCUT2D eigenvalue weighted by atomic mass is 10.1. The Hall–Kier alpha value is -0.660. The largest absolute Gasteiger partial charge is 0.481 e. The molecule has 0 saturated carbocycles. The molecule has 0 fully saturated rings. The summed E-state index contributed by atoms with van der Waals surface area (Å²) in [5.41, 5.74) is 0. The number of aliphatic hydroxyl groups excluding tert-OH is 1. The van der Waals surface area contributed by atoms with Crippen LogP contribution in [0.25, 0.3) is 0 Å². The van der Waals surface area contributed by atoms with Crippen molar-refractivity contribution in [3.63, 3.8) is 0 Å². The van der Waals surface area contributed by atoms with E-state index in [1.165, 1.54) is 6.42 Å². The Morgan fingerprint density at radius 2 is 1.28 bits per heavy atom. The van der Waals surface area contributed by atoms with Crippen LogP contribution >= 0.6 is 0 Å². The lowest BCUT2D eigenvalue weighted by Crippen LogP contribution is -1.93. The van der Waals surface area contributed by atoms with Crippen molar-refractivity contribution < 1.29 is 28.0 Å². The Balaban J connectivity index is 0. The molecule has 0 rings (SSSR count). The van der Waals surface area contributed by atoms with Gasteiger partial charge in [0.25, 0.3) is 10.1 Å². The number of hydrogen-bond acceptors (Lipinski definition) is 4. The van der Waals surface area contributed by atoms with Gasteiger partial charge in [0.15, 0.2) is 0 Å². The van der Waals surface area contributed by atoms with Crippen molar-refractivity contribution in [2.45, 2.75) is 51.4 Å². The summed E-state index contributed by atoms with van der Waals surface area (Å²) < 4.78 is 25.9. The molecule has 3 N–H and O–H groups in total. The van der Waals surface area contributed by atoms with Gasteiger partial charge in [-0.2, -0.15) is 8.42 Å². The highest BCUT2D eigenvalue weighted by Gasteiger charge is 1.96. The second kappa shape index (κ2) is 12.8. The predicted molar refractivity (Wildman–Crippen MR) is 69.1 cm³/mol. The topological polar surface area (TPSA) is 112 Å². The fourth-order valence-corrected chi connectivity index (χ4v) is 1.27. The molecule has 0 amide bonds. The SMILES string of the molecule is CS(=O)(=O)O.O=C(O)CCCCCCCCCO. The van der Waals surface area contributed by atoms with Gasteiger partial charge in [0.1, 0.15) is 0 Å².